The van der Waals surface area contributed by atoms with Gasteiger partial charge >= 0.3 is 0 Å². The fraction of sp³-hybridized carbons (Fsp3) is 0.282. The molecule has 0 radical (unpaired) electrons. The predicted octanol–water partition coefficient (Wildman–Crippen LogP) is 6.46. The molecule has 1 aliphatic rings. The molecule has 0 saturated carbocycles. The van der Waals surface area contributed by atoms with Crippen LogP contribution in [0.3, 0.4) is 0 Å². The van der Waals surface area contributed by atoms with E-state index in [1.54, 1.807) is 0 Å². The number of hydrogen-bond donors (Lipinski definition) is 1. The lowest BCUT2D eigenvalue weighted by atomic mass is 9.88. The molecule has 0 spiro atoms. The van der Waals surface area contributed by atoms with Gasteiger partial charge in [0.25, 0.3) is 0 Å². The number of piperazine rings is 1. The Kier molecular flexibility index (Phi) is 10.8. The van der Waals surface area contributed by atoms with Crippen molar-refractivity contribution < 1.29 is 9.59 Å². The molecule has 5 nitrogen and oxygen atoms in total. The van der Waals surface area contributed by atoms with E-state index in [0.717, 1.165) is 48.3 Å². The lowest BCUT2D eigenvalue weighted by molar-refractivity contribution is -0.137. The van der Waals surface area contributed by atoms with Crippen molar-refractivity contribution in [3.8, 4) is 0 Å². The van der Waals surface area contributed by atoms with Crippen molar-refractivity contribution in [2.75, 3.05) is 26.2 Å². The smallest absolute Gasteiger partial charge is 0.248 e. The summed E-state index contributed by atoms with van der Waals surface area (Å²) in [7, 11) is 0. The van der Waals surface area contributed by atoms with Gasteiger partial charge in [-0.2, -0.15) is 0 Å². The largest absolute Gasteiger partial charge is 0.348 e. The lowest BCUT2D eigenvalue weighted by Crippen LogP contribution is -2.51. The molecule has 0 bridgehead atoms. The van der Waals surface area contributed by atoms with Gasteiger partial charge in [-0.3, -0.25) is 14.5 Å². The van der Waals surface area contributed by atoms with Crippen LogP contribution < -0.4 is 5.32 Å². The van der Waals surface area contributed by atoms with Crippen molar-refractivity contribution in [1.82, 2.24) is 15.1 Å². The zero-order chi connectivity index (χ0) is 30.7. The summed E-state index contributed by atoms with van der Waals surface area (Å²) in [5, 5.41) is 3.14. The van der Waals surface area contributed by atoms with Crippen LogP contribution in [0.25, 0.3) is 6.08 Å². The number of carbonyl (C=O) groups excluding carboxylic acids is 2. The molecular formula is C39H43N3O2. The van der Waals surface area contributed by atoms with E-state index in [1.807, 2.05) is 78.6 Å². The van der Waals surface area contributed by atoms with Gasteiger partial charge in [-0.1, -0.05) is 122 Å². The molecule has 44 heavy (non-hydrogen) atoms. The molecule has 2 amide bonds. The van der Waals surface area contributed by atoms with E-state index in [-0.39, 0.29) is 11.8 Å². The molecule has 1 saturated heterocycles. The number of hydrogen-bond acceptors (Lipinski definition) is 3. The van der Waals surface area contributed by atoms with E-state index in [0.29, 0.717) is 31.6 Å². The summed E-state index contributed by atoms with van der Waals surface area (Å²) in [4.78, 5) is 32.8. The first-order valence-corrected chi connectivity index (χ1v) is 15.7. The number of aryl methyl sites for hydroxylation is 2. The maximum atomic E-state index is 14.4. The van der Waals surface area contributed by atoms with Crippen LogP contribution in [0.5, 0.6) is 0 Å². The SMILES string of the molecule is CCc1ccc(CNC(=O)C(=Cc2ccc(C)cc2)[C@H](Cc2ccccc2)C(=O)N2CCN(Cc3ccccc3)CC2)cc1. The number of rotatable bonds is 11. The summed E-state index contributed by atoms with van der Waals surface area (Å²) in [5.41, 5.74) is 7.16. The van der Waals surface area contributed by atoms with Crippen LogP contribution in [-0.4, -0.2) is 47.8 Å². The summed E-state index contributed by atoms with van der Waals surface area (Å²) in [5.74, 6) is -0.807. The third-order valence-corrected chi connectivity index (χ3v) is 8.44. The highest BCUT2D eigenvalue weighted by atomic mass is 16.2. The molecule has 4 aromatic rings. The maximum Gasteiger partial charge on any atom is 0.248 e. The maximum absolute atomic E-state index is 14.4. The van der Waals surface area contributed by atoms with Crippen molar-refractivity contribution in [1.29, 1.82) is 0 Å². The summed E-state index contributed by atoms with van der Waals surface area (Å²) in [6.07, 6.45) is 3.34. The molecule has 0 aliphatic carbocycles. The monoisotopic (exact) mass is 585 g/mol. The number of amides is 2. The Bertz CT molecular complexity index is 1520. The molecular weight excluding hydrogens is 542 g/mol. The quantitative estimate of drug-likeness (QED) is 0.206. The second kappa shape index (κ2) is 15.3. The van der Waals surface area contributed by atoms with Crippen molar-refractivity contribution >= 4 is 17.9 Å². The Balaban J connectivity index is 1.40. The Morgan fingerprint density at radius 3 is 1.93 bits per heavy atom. The number of nitrogens with zero attached hydrogens (tertiary/aromatic N) is 2. The first-order valence-electron chi connectivity index (χ1n) is 15.7. The minimum Gasteiger partial charge on any atom is -0.348 e. The lowest BCUT2D eigenvalue weighted by Gasteiger charge is -2.37. The normalized spacial score (nSPS) is 14.7. The van der Waals surface area contributed by atoms with Crippen molar-refractivity contribution in [2.24, 2.45) is 5.92 Å². The molecule has 0 unspecified atom stereocenters. The first kappa shape index (κ1) is 31.0. The molecule has 4 aromatic carbocycles. The molecule has 226 valence electrons. The molecule has 1 atom stereocenters. The third kappa shape index (κ3) is 8.55. The van der Waals surface area contributed by atoms with Gasteiger partial charge in [0.05, 0.1) is 5.92 Å². The van der Waals surface area contributed by atoms with Crippen LogP contribution in [0.4, 0.5) is 0 Å². The average molecular weight is 586 g/mol. The summed E-state index contributed by atoms with van der Waals surface area (Å²) in [6.45, 7) is 8.33. The van der Waals surface area contributed by atoms with Gasteiger partial charge in [-0.25, -0.2) is 0 Å². The van der Waals surface area contributed by atoms with E-state index >= 15 is 0 Å². The van der Waals surface area contributed by atoms with Crippen LogP contribution in [0.1, 0.15) is 40.3 Å². The molecule has 0 aromatic heterocycles. The number of nitrogens with one attached hydrogen (secondary N) is 1. The van der Waals surface area contributed by atoms with Gasteiger partial charge in [0, 0.05) is 44.8 Å². The molecule has 1 aliphatic heterocycles. The van der Waals surface area contributed by atoms with Crippen molar-refractivity contribution in [2.45, 2.75) is 39.8 Å². The minimum atomic E-state index is -0.609. The Morgan fingerprint density at radius 1 is 0.727 bits per heavy atom. The number of carbonyl (C=O) groups is 2. The van der Waals surface area contributed by atoms with Gasteiger partial charge in [-0.15, -0.1) is 0 Å². The first-order chi connectivity index (χ1) is 21.5. The second-order valence-electron chi connectivity index (χ2n) is 11.7. The van der Waals surface area contributed by atoms with E-state index < -0.39 is 5.92 Å². The zero-order valence-corrected chi connectivity index (χ0v) is 25.9. The van der Waals surface area contributed by atoms with Gasteiger partial charge in [0.1, 0.15) is 0 Å². The van der Waals surface area contributed by atoms with Crippen molar-refractivity contribution in [3.05, 3.63) is 148 Å². The van der Waals surface area contributed by atoms with Crippen LogP contribution in [-0.2, 0) is 35.5 Å². The van der Waals surface area contributed by atoms with E-state index in [4.69, 9.17) is 0 Å². The van der Waals surface area contributed by atoms with Crippen molar-refractivity contribution in [3.63, 3.8) is 0 Å². The fourth-order valence-corrected chi connectivity index (χ4v) is 5.71. The summed E-state index contributed by atoms with van der Waals surface area (Å²) < 4.78 is 0. The third-order valence-electron chi connectivity index (χ3n) is 8.44. The van der Waals surface area contributed by atoms with Crippen LogP contribution in [0.15, 0.2) is 115 Å². The Morgan fingerprint density at radius 2 is 1.32 bits per heavy atom. The topological polar surface area (TPSA) is 52.7 Å². The highest BCUT2D eigenvalue weighted by molar-refractivity contribution is 6.04. The highest BCUT2D eigenvalue weighted by Gasteiger charge is 2.33. The van der Waals surface area contributed by atoms with E-state index in [2.05, 4.69) is 65.7 Å². The van der Waals surface area contributed by atoms with Gasteiger partial charge in [0.15, 0.2) is 0 Å². The Hall–Kier alpha value is -4.48. The minimum absolute atomic E-state index is 0.00836. The fourth-order valence-electron chi connectivity index (χ4n) is 5.71. The standard InChI is InChI=1S/C39H43N3O2/c1-3-31-18-20-34(21-19-31)28-40-38(43)36(26-33-16-14-30(2)15-17-33)37(27-32-10-6-4-7-11-32)39(44)42-24-22-41(23-25-42)29-35-12-8-5-9-13-35/h4-21,26,37H,3,22-25,27-29H2,1-2H3,(H,40,43)/t37-/m0/s1. The molecule has 5 rings (SSSR count). The van der Waals surface area contributed by atoms with Crippen LogP contribution >= 0.6 is 0 Å². The Labute approximate surface area is 262 Å². The van der Waals surface area contributed by atoms with Gasteiger partial charge in [-0.05, 0) is 53.7 Å². The second-order valence-corrected chi connectivity index (χ2v) is 11.7. The predicted molar refractivity (Wildman–Crippen MR) is 179 cm³/mol. The highest BCUT2D eigenvalue weighted by Crippen LogP contribution is 2.25. The molecule has 1 fully saturated rings. The van der Waals surface area contributed by atoms with Crippen LogP contribution in [0, 0.1) is 12.8 Å². The van der Waals surface area contributed by atoms with E-state index in [9.17, 15) is 9.59 Å². The zero-order valence-electron chi connectivity index (χ0n) is 25.9. The summed E-state index contributed by atoms with van der Waals surface area (Å²) in [6, 6.07) is 36.9. The molecule has 1 N–H and O–H groups in total. The average Bonchev–Trinajstić information content (AvgIpc) is 3.07. The summed E-state index contributed by atoms with van der Waals surface area (Å²) >= 11 is 0. The molecule has 1 heterocycles. The van der Waals surface area contributed by atoms with E-state index in [1.165, 1.54) is 11.1 Å². The number of benzene rings is 4. The van der Waals surface area contributed by atoms with Gasteiger partial charge < -0.3 is 10.2 Å². The van der Waals surface area contributed by atoms with Crippen LogP contribution in [0.2, 0.25) is 0 Å². The molecule has 5 heteroatoms. The van der Waals surface area contributed by atoms with Gasteiger partial charge in [0.2, 0.25) is 11.8 Å².